The zero-order valence-electron chi connectivity index (χ0n) is 44.1. The van der Waals surface area contributed by atoms with E-state index < -0.39 is 0 Å². The lowest BCUT2D eigenvalue weighted by molar-refractivity contribution is 0.282. The van der Waals surface area contributed by atoms with E-state index in [1.807, 2.05) is 24.5 Å². The quantitative estimate of drug-likeness (QED) is 0.0729. The Bertz CT molecular complexity index is 3710. The maximum atomic E-state index is 10.2. The monoisotopic (exact) mass is 1010 g/mol. The van der Waals surface area contributed by atoms with Crippen LogP contribution in [0.3, 0.4) is 0 Å². The number of aliphatic hydroxyl groups is 1. The number of fused-ring (bicyclic) bond motifs is 1. The van der Waals surface area contributed by atoms with Gasteiger partial charge in [0.1, 0.15) is 0 Å². The van der Waals surface area contributed by atoms with Gasteiger partial charge in [-0.1, -0.05) is 230 Å². The second-order valence-corrected chi connectivity index (χ2v) is 19.9. The Kier molecular flexibility index (Phi) is 15.5. The minimum atomic E-state index is -0.0384. The highest BCUT2D eigenvalue weighted by Crippen LogP contribution is 2.43. The average Bonchev–Trinajstić information content (AvgIpc) is 3.50. The SMILES string of the molecule is Cc1ccc(C(=Cc2ccc(N(c3ccc(CO)cc3)c3ccc(/C(=C/C=C(c4ccccc4)c4ccccc4)c4ccncc4)cc3)c3ccc(N(Cc4ccccc4)Cc4ccccc4)cc23)c2ccc(C)cc2)cc1. The number of hydrogen-bond donors (Lipinski definition) is 1. The molecule has 0 radical (unpaired) electrons. The number of pyridine rings is 1. The average molecular weight is 1010 g/mol. The number of hydrogen-bond acceptors (Lipinski definition) is 4. The fraction of sp³-hybridized carbons (Fsp3) is 0.0676. The van der Waals surface area contributed by atoms with Gasteiger partial charge in [0, 0.05) is 47.9 Å². The zero-order valence-corrected chi connectivity index (χ0v) is 44.1. The first-order chi connectivity index (χ1) is 38.4. The van der Waals surface area contributed by atoms with E-state index in [1.54, 1.807) is 0 Å². The van der Waals surface area contributed by atoms with Crippen molar-refractivity contribution in [1.82, 2.24) is 4.98 Å². The molecule has 1 heterocycles. The van der Waals surface area contributed by atoms with Crippen molar-refractivity contribution < 1.29 is 5.11 Å². The van der Waals surface area contributed by atoms with Gasteiger partial charge >= 0.3 is 0 Å². The van der Waals surface area contributed by atoms with Crippen LogP contribution in [0.25, 0.3) is 33.6 Å². The second-order valence-electron chi connectivity index (χ2n) is 19.9. The van der Waals surface area contributed by atoms with Crippen molar-refractivity contribution in [2.75, 3.05) is 9.80 Å². The molecule has 0 saturated carbocycles. The molecule has 0 spiro atoms. The predicted molar refractivity (Wildman–Crippen MR) is 328 cm³/mol. The van der Waals surface area contributed by atoms with Crippen LogP contribution in [0.1, 0.15) is 66.8 Å². The van der Waals surface area contributed by atoms with Gasteiger partial charge in [-0.25, -0.2) is 0 Å². The maximum absolute atomic E-state index is 10.2. The van der Waals surface area contributed by atoms with Crippen molar-refractivity contribution in [2.45, 2.75) is 33.5 Å². The van der Waals surface area contributed by atoms with E-state index >= 15 is 0 Å². The molecule has 0 bridgehead atoms. The molecule has 0 aliphatic heterocycles. The topological polar surface area (TPSA) is 39.6 Å². The van der Waals surface area contributed by atoms with E-state index in [1.165, 1.54) is 22.3 Å². The van der Waals surface area contributed by atoms with Crippen LogP contribution < -0.4 is 9.80 Å². The number of rotatable bonds is 17. The van der Waals surface area contributed by atoms with Crippen molar-refractivity contribution >= 4 is 56.3 Å². The molecule has 1 N–H and O–H groups in total. The number of aromatic nitrogens is 1. The summed E-state index contributed by atoms with van der Waals surface area (Å²) in [4.78, 5) is 9.23. The Labute approximate surface area is 459 Å². The second kappa shape index (κ2) is 23.9. The number of nitrogens with zero attached hydrogens (tertiary/aromatic N) is 3. The molecule has 378 valence electrons. The highest BCUT2D eigenvalue weighted by Gasteiger charge is 2.20. The minimum Gasteiger partial charge on any atom is -0.392 e. The Hall–Kier alpha value is -9.61. The number of anilines is 4. The maximum Gasteiger partial charge on any atom is 0.0681 e. The van der Waals surface area contributed by atoms with Gasteiger partial charge < -0.3 is 14.9 Å². The molecule has 0 aliphatic carbocycles. The third-order valence-electron chi connectivity index (χ3n) is 14.5. The van der Waals surface area contributed by atoms with E-state index in [-0.39, 0.29) is 6.61 Å². The summed E-state index contributed by atoms with van der Waals surface area (Å²) < 4.78 is 0. The molecule has 4 nitrogen and oxygen atoms in total. The molecule has 1 aromatic heterocycles. The summed E-state index contributed by atoms with van der Waals surface area (Å²) in [5, 5.41) is 12.5. The number of aryl methyl sites for hydroxylation is 2. The highest BCUT2D eigenvalue weighted by molar-refractivity contribution is 6.07. The predicted octanol–water partition coefficient (Wildman–Crippen LogP) is 18.2. The van der Waals surface area contributed by atoms with Gasteiger partial charge in [-0.2, -0.15) is 0 Å². The molecule has 0 saturated heterocycles. The van der Waals surface area contributed by atoms with Crippen LogP contribution in [0.2, 0.25) is 0 Å². The Balaban J connectivity index is 1.09. The molecule has 11 aromatic rings. The summed E-state index contributed by atoms with van der Waals surface area (Å²) in [6.07, 6.45) is 10.6. The van der Waals surface area contributed by atoms with Gasteiger partial charge in [0.15, 0.2) is 0 Å². The highest BCUT2D eigenvalue weighted by atomic mass is 16.3. The van der Waals surface area contributed by atoms with Crippen LogP contribution >= 0.6 is 0 Å². The largest absolute Gasteiger partial charge is 0.392 e. The van der Waals surface area contributed by atoms with Gasteiger partial charge in [-0.3, -0.25) is 4.98 Å². The summed E-state index contributed by atoms with van der Waals surface area (Å²) in [7, 11) is 0. The Morgan fingerprint density at radius 1 is 0.385 bits per heavy atom. The number of allylic oxidation sites excluding steroid dienone is 2. The van der Waals surface area contributed by atoms with E-state index in [4.69, 9.17) is 0 Å². The lowest BCUT2D eigenvalue weighted by Gasteiger charge is -2.29. The van der Waals surface area contributed by atoms with E-state index in [0.717, 1.165) is 108 Å². The van der Waals surface area contributed by atoms with Gasteiger partial charge in [0.2, 0.25) is 0 Å². The van der Waals surface area contributed by atoms with Crippen molar-refractivity contribution in [3.8, 4) is 0 Å². The van der Waals surface area contributed by atoms with Crippen LogP contribution in [-0.4, -0.2) is 10.1 Å². The lowest BCUT2D eigenvalue weighted by Crippen LogP contribution is -2.22. The summed E-state index contributed by atoms with van der Waals surface area (Å²) in [5.74, 6) is 0. The lowest BCUT2D eigenvalue weighted by atomic mass is 9.92. The standard InChI is InChI=1S/C74H61N3O/c1-54-23-29-62(30-24-54)72(63-31-25-55(2)26-32-63)49-65-35-44-74(71-41-40-68(50-73(65)71)76(51-56-15-7-3-8-16-56)52-57-17-9-4-10-18-57)77(66-36-27-58(53-78)28-37-66)67-38-33-61(34-39-67)70(64-45-47-75-48-46-64)43-42-69(59-19-11-5-12-20-59)60-21-13-6-14-22-60/h3-50,78H,51-53H2,1-2H3/b70-43-. The van der Waals surface area contributed by atoms with Gasteiger partial charge in [-0.05, 0) is 152 Å². The van der Waals surface area contributed by atoms with Gasteiger partial charge in [0.25, 0.3) is 0 Å². The molecule has 10 aromatic carbocycles. The fourth-order valence-corrected chi connectivity index (χ4v) is 10.3. The molecule has 78 heavy (non-hydrogen) atoms. The van der Waals surface area contributed by atoms with Crippen molar-refractivity contribution in [3.05, 3.63) is 352 Å². The minimum absolute atomic E-state index is 0.0384. The third-order valence-corrected chi connectivity index (χ3v) is 14.5. The van der Waals surface area contributed by atoms with Crippen LogP contribution in [0.15, 0.2) is 285 Å². The van der Waals surface area contributed by atoms with E-state index in [2.05, 4.69) is 296 Å². The molecular weight excluding hydrogens is 947 g/mol. The first-order valence-corrected chi connectivity index (χ1v) is 26.7. The van der Waals surface area contributed by atoms with Crippen molar-refractivity contribution in [2.24, 2.45) is 0 Å². The smallest absolute Gasteiger partial charge is 0.0681 e. The van der Waals surface area contributed by atoms with Crippen molar-refractivity contribution in [1.29, 1.82) is 0 Å². The zero-order chi connectivity index (χ0) is 53.0. The van der Waals surface area contributed by atoms with Gasteiger partial charge in [0.05, 0.1) is 12.3 Å². The Morgan fingerprint density at radius 3 is 1.31 bits per heavy atom. The molecular formula is C74H61N3O. The third kappa shape index (κ3) is 11.8. The van der Waals surface area contributed by atoms with Crippen molar-refractivity contribution in [3.63, 3.8) is 0 Å². The molecule has 0 unspecified atom stereocenters. The number of aliphatic hydroxyl groups excluding tert-OH is 1. The molecule has 0 fully saturated rings. The molecule has 0 amide bonds. The molecule has 4 heteroatoms. The van der Waals surface area contributed by atoms with Crippen LogP contribution in [-0.2, 0) is 19.7 Å². The summed E-state index contributed by atoms with van der Waals surface area (Å²) in [6.45, 7) is 5.73. The normalized spacial score (nSPS) is 11.2. The van der Waals surface area contributed by atoms with E-state index in [9.17, 15) is 5.11 Å². The van der Waals surface area contributed by atoms with Crippen LogP contribution in [0.4, 0.5) is 22.7 Å². The first kappa shape index (κ1) is 50.5. The summed E-state index contributed by atoms with van der Waals surface area (Å²) in [6, 6.07) is 93.3. The molecule has 11 rings (SSSR count). The summed E-state index contributed by atoms with van der Waals surface area (Å²) >= 11 is 0. The van der Waals surface area contributed by atoms with Gasteiger partial charge in [-0.15, -0.1) is 0 Å². The fourth-order valence-electron chi connectivity index (χ4n) is 10.3. The van der Waals surface area contributed by atoms with E-state index in [0.29, 0.717) is 0 Å². The van der Waals surface area contributed by atoms with Crippen LogP contribution in [0, 0.1) is 13.8 Å². The number of benzene rings is 10. The molecule has 0 aliphatic rings. The van der Waals surface area contributed by atoms with Crippen LogP contribution in [0.5, 0.6) is 0 Å². The first-order valence-electron chi connectivity index (χ1n) is 26.7. The summed E-state index contributed by atoms with van der Waals surface area (Å²) in [5.41, 5.74) is 21.2. The Morgan fingerprint density at radius 2 is 0.808 bits per heavy atom. The molecule has 0 atom stereocenters.